The third kappa shape index (κ3) is 5.57. The monoisotopic (exact) mass is 347 g/mol. The van der Waals surface area contributed by atoms with Gasteiger partial charge in [-0.25, -0.2) is 4.79 Å². The van der Waals surface area contributed by atoms with Crippen molar-refractivity contribution < 1.29 is 14.3 Å². The van der Waals surface area contributed by atoms with Gasteiger partial charge in [-0.2, -0.15) is 0 Å². The number of amides is 3. The minimum absolute atomic E-state index is 0.0318. The van der Waals surface area contributed by atoms with Gasteiger partial charge in [0.2, 0.25) is 5.91 Å². The molecule has 0 aliphatic heterocycles. The molecule has 0 spiro atoms. The van der Waals surface area contributed by atoms with E-state index in [1.165, 1.54) is 7.11 Å². The molecule has 0 atom stereocenters. The van der Waals surface area contributed by atoms with Gasteiger partial charge in [-0.05, 0) is 29.8 Å². The van der Waals surface area contributed by atoms with Crippen molar-refractivity contribution in [3.63, 3.8) is 0 Å². The van der Waals surface area contributed by atoms with Crippen LogP contribution in [0.2, 0.25) is 5.02 Å². The number of nitrogens with one attached hydrogen (secondary N) is 3. The molecule has 3 N–H and O–H groups in total. The fraction of sp³-hybridized carbons (Fsp3) is 0.176. The highest BCUT2D eigenvalue weighted by Gasteiger charge is 2.06. The van der Waals surface area contributed by atoms with Crippen molar-refractivity contribution in [3.8, 4) is 0 Å². The zero-order valence-electron chi connectivity index (χ0n) is 13.1. The Morgan fingerprint density at radius 3 is 2.46 bits per heavy atom. The summed E-state index contributed by atoms with van der Waals surface area (Å²) in [6.45, 7) is 0.283. The summed E-state index contributed by atoms with van der Waals surface area (Å²) in [5, 5.41) is 8.70. The molecule has 2 aromatic rings. The van der Waals surface area contributed by atoms with Crippen LogP contribution in [0.25, 0.3) is 0 Å². The number of halogens is 1. The van der Waals surface area contributed by atoms with E-state index in [9.17, 15) is 9.59 Å². The van der Waals surface area contributed by atoms with Crippen LogP contribution >= 0.6 is 11.6 Å². The number of urea groups is 1. The first-order chi connectivity index (χ1) is 11.6. The van der Waals surface area contributed by atoms with E-state index in [2.05, 4.69) is 16.0 Å². The SMILES string of the molecule is COCC(=O)Nc1cccc(NC(=O)NCc2ccccc2Cl)c1. The minimum Gasteiger partial charge on any atom is -0.375 e. The molecule has 3 amide bonds. The molecule has 2 rings (SSSR count). The largest absolute Gasteiger partial charge is 0.375 e. The second kappa shape index (κ2) is 8.90. The summed E-state index contributed by atoms with van der Waals surface area (Å²) in [6.07, 6.45) is 0. The lowest BCUT2D eigenvalue weighted by Gasteiger charge is -2.10. The highest BCUT2D eigenvalue weighted by Crippen LogP contribution is 2.16. The van der Waals surface area contributed by atoms with Crippen molar-refractivity contribution in [2.45, 2.75) is 6.54 Å². The third-order valence-electron chi connectivity index (χ3n) is 3.08. The van der Waals surface area contributed by atoms with Crippen molar-refractivity contribution in [3.05, 3.63) is 59.1 Å². The van der Waals surface area contributed by atoms with Crippen LogP contribution in [-0.2, 0) is 16.1 Å². The van der Waals surface area contributed by atoms with Gasteiger partial charge in [0.15, 0.2) is 0 Å². The van der Waals surface area contributed by atoms with Gasteiger partial charge in [0, 0.05) is 30.1 Å². The van der Waals surface area contributed by atoms with Crippen molar-refractivity contribution in [1.29, 1.82) is 0 Å². The average molecular weight is 348 g/mol. The number of hydrogen-bond acceptors (Lipinski definition) is 3. The van der Waals surface area contributed by atoms with Crippen LogP contribution in [0.5, 0.6) is 0 Å². The summed E-state index contributed by atoms with van der Waals surface area (Å²) in [7, 11) is 1.45. The molecule has 7 heteroatoms. The maximum atomic E-state index is 12.0. The number of carbonyl (C=O) groups is 2. The number of carbonyl (C=O) groups excluding carboxylic acids is 2. The van der Waals surface area contributed by atoms with Gasteiger partial charge in [0.25, 0.3) is 0 Å². The number of rotatable bonds is 6. The molecule has 0 unspecified atom stereocenters. The maximum Gasteiger partial charge on any atom is 0.319 e. The predicted molar refractivity (Wildman–Crippen MR) is 94.3 cm³/mol. The molecular weight excluding hydrogens is 330 g/mol. The minimum atomic E-state index is -0.365. The summed E-state index contributed by atoms with van der Waals surface area (Å²) >= 11 is 6.04. The van der Waals surface area contributed by atoms with Crippen molar-refractivity contribution in [1.82, 2.24) is 5.32 Å². The van der Waals surface area contributed by atoms with Gasteiger partial charge in [-0.15, -0.1) is 0 Å². The molecule has 126 valence electrons. The Morgan fingerprint density at radius 1 is 1.04 bits per heavy atom. The lowest BCUT2D eigenvalue weighted by molar-refractivity contribution is -0.119. The van der Waals surface area contributed by atoms with Gasteiger partial charge < -0.3 is 20.7 Å². The van der Waals surface area contributed by atoms with Gasteiger partial charge in [0.05, 0.1) is 0 Å². The van der Waals surface area contributed by atoms with Crippen LogP contribution < -0.4 is 16.0 Å². The molecule has 24 heavy (non-hydrogen) atoms. The van der Waals surface area contributed by atoms with Crippen LogP contribution in [0.1, 0.15) is 5.56 Å². The predicted octanol–water partition coefficient (Wildman–Crippen LogP) is 3.25. The molecule has 0 saturated heterocycles. The van der Waals surface area contributed by atoms with Crippen molar-refractivity contribution in [2.75, 3.05) is 24.4 Å². The standard InChI is InChI=1S/C17H18ClN3O3/c1-24-11-16(22)20-13-6-4-7-14(9-13)21-17(23)19-10-12-5-2-3-8-15(12)18/h2-9H,10-11H2,1H3,(H,20,22)(H2,19,21,23). The smallest absolute Gasteiger partial charge is 0.319 e. The molecule has 2 aromatic carbocycles. The van der Waals surface area contributed by atoms with Crippen LogP contribution in [0.4, 0.5) is 16.2 Å². The van der Waals surface area contributed by atoms with E-state index in [0.29, 0.717) is 22.9 Å². The van der Waals surface area contributed by atoms with Gasteiger partial charge in [-0.3, -0.25) is 4.79 Å². The van der Waals surface area contributed by atoms with Crippen LogP contribution in [0.15, 0.2) is 48.5 Å². The molecule has 0 saturated carbocycles. The maximum absolute atomic E-state index is 12.0. The zero-order chi connectivity index (χ0) is 17.4. The third-order valence-corrected chi connectivity index (χ3v) is 3.45. The normalized spacial score (nSPS) is 10.1. The Balaban J connectivity index is 1.89. The number of anilines is 2. The molecule has 0 heterocycles. The Morgan fingerprint density at radius 2 is 1.75 bits per heavy atom. The molecule has 6 nitrogen and oxygen atoms in total. The van der Waals surface area contributed by atoms with Gasteiger partial charge in [-0.1, -0.05) is 35.9 Å². The molecule has 0 aromatic heterocycles. The molecule has 0 radical (unpaired) electrons. The summed E-state index contributed by atoms with van der Waals surface area (Å²) in [5.41, 5.74) is 1.96. The molecule has 0 fully saturated rings. The van der Waals surface area contributed by atoms with E-state index in [1.54, 1.807) is 30.3 Å². The second-order valence-electron chi connectivity index (χ2n) is 4.96. The lowest BCUT2D eigenvalue weighted by Crippen LogP contribution is -2.28. The van der Waals surface area contributed by atoms with E-state index in [0.717, 1.165) is 5.56 Å². The Labute approximate surface area is 145 Å². The van der Waals surface area contributed by atoms with Gasteiger partial charge >= 0.3 is 6.03 Å². The molecule has 0 aliphatic carbocycles. The van der Waals surface area contributed by atoms with E-state index in [1.807, 2.05) is 18.2 Å². The fourth-order valence-corrected chi connectivity index (χ4v) is 2.20. The Hall–Kier alpha value is -2.57. The van der Waals surface area contributed by atoms with Crippen LogP contribution in [0, 0.1) is 0 Å². The Kier molecular flexibility index (Phi) is 6.60. The fourth-order valence-electron chi connectivity index (χ4n) is 2.00. The second-order valence-corrected chi connectivity index (χ2v) is 5.37. The number of methoxy groups -OCH3 is 1. The summed E-state index contributed by atoms with van der Waals surface area (Å²) in [6, 6.07) is 13.8. The quantitative estimate of drug-likeness (QED) is 0.750. The number of ether oxygens (including phenoxy) is 1. The highest BCUT2D eigenvalue weighted by atomic mass is 35.5. The summed E-state index contributed by atoms with van der Waals surface area (Å²) in [4.78, 5) is 23.4. The van der Waals surface area contributed by atoms with E-state index < -0.39 is 0 Å². The van der Waals surface area contributed by atoms with E-state index in [4.69, 9.17) is 16.3 Å². The highest BCUT2D eigenvalue weighted by molar-refractivity contribution is 6.31. The first kappa shape index (κ1) is 17.8. The lowest BCUT2D eigenvalue weighted by atomic mass is 10.2. The van der Waals surface area contributed by atoms with Crippen molar-refractivity contribution >= 4 is 34.9 Å². The molecular formula is C17H18ClN3O3. The topological polar surface area (TPSA) is 79.5 Å². The zero-order valence-corrected chi connectivity index (χ0v) is 13.9. The first-order valence-electron chi connectivity index (χ1n) is 7.25. The van der Waals surface area contributed by atoms with Gasteiger partial charge in [0.1, 0.15) is 6.61 Å². The summed E-state index contributed by atoms with van der Waals surface area (Å²) < 4.78 is 4.75. The van der Waals surface area contributed by atoms with Crippen LogP contribution in [0.3, 0.4) is 0 Å². The molecule has 0 aliphatic rings. The first-order valence-corrected chi connectivity index (χ1v) is 7.63. The van der Waals surface area contributed by atoms with E-state index in [-0.39, 0.29) is 18.5 Å². The van der Waals surface area contributed by atoms with E-state index >= 15 is 0 Å². The number of benzene rings is 2. The summed E-state index contributed by atoms with van der Waals surface area (Å²) in [5.74, 6) is -0.266. The molecule has 0 bridgehead atoms. The average Bonchev–Trinajstić information content (AvgIpc) is 2.54. The Bertz CT molecular complexity index is 722. The number of hydrogen-bond donors (Lipinski definition) is 3. The van der Waals surface area contributed by atoms with Crippen LogP contribution in [-0.4, -0.2) is 25.7 Å². The van der Waals surface area contributed by atoms with Crippen molar-refractivity contribution in [2.24, 2.45) is 0 Å².